The molecular weight excluding hydrogens is 182 g/mol. The van der Waals surface area contributed by atoms with E-state index in [-0.39, 0.29) is 7.43 Å². The molecule has 0 aliphatic heterocycles. The fourth-order valence-corrected chi connectivity index (χ4v) is 1.70. The first-order valence-corrected chi connectivity index (χ1v) is 4.85. The standard InChI is InChI=1S/C8H9N3S.CH4/c1-11-5-10-7-6(12-2)3-4-9-8(7)11;/h3-5H,1-2H3;1H4. The minimum atomic E-state index is 0. The molecule has 0 saturated heterocycles. The molecule has 0 bridgehead atoms. The minimum absolute atomic E-state index is 0. The summed E-state index contributed by atoms with van der Waals surface area (Å²) in [6.07, 6.45) is 5.65. The summed E-state index contributed by atoms with van der Waals surface area (Å²) in [6.45, 7) is 0. The number of thioether (sulfide) groups is 1. The molecule has 0 saturated carbocycles. The predicted molar refractivity (Wildman–Crippen MR) is 57.0 cm³/mol. The number of rotatable bonds is 1. The zero-order valence-electron chi connectivity index (χ0n) is 6.98. The van der Waals surface area contributed by atoms with Crippen molar-refractivity contribution in [2.24, 2.45) is 7.05 Å². The molecule has 0 aliphatic carbocycles. The van der Waals surface area contributed by atoms with Crippen molar-refractivity contribution in [1.82, 2.24) is 14.5 Å². The molecule has 2 aromatic rings. The van der Waals surface area contributed by atoms with E-state index in [1.165, 1.54) is 4.90 Å². The first-order valence-electron chi connectivity index (χ1n) is 3.63. The van der Waals surface area contributed by atoms with Crippen LogP contribution in [0.15, 0.2) is 23.5 Å². The minimum Gasteiger partial charge on any atom is -0.318 e. The van der Waals surface area contributed by atoms with Gasteiger partial charge >= 0.3 is 0 Å². The molecule has 2 heterocycles. The van der Waals surface area contributed by atoms with Gasteiger partial charge in [-0.25, -0.2) is 9.97 Å². The molecular formula is C9H13N3S. The van der Waals surface area contributed by atoms with Crippen LogP contribution in [0.4, 0.5) is 0 Å². The van der Waals surface area contributed by atoms with E-state index >= 15 is 0 Å². The highest BCUT2D eigenvalue weighted by atomic mass is 32.2. The molecule has 13 heavy (non-hydrogen) atoms. The lowest BCUT2D eigenvalue weighted by Crippen LogP contribution is -1.87. The Labute approximate surface area is 82.2 Å². The molecule has 0 N–H and O–H groups in total. The summed E-state index contributed by atoms with van der Waals surface area (Å²) in [7, 11) is 1.95. The van der Waals surface area contributed by atoms with Gasteiger partial charge in [0.1, 0.15) is 5.52 Å². The van der Waals surface area contributed by atoms with E-state index in [0.29, 0.717) is 0 Å². The summed E-state index contributed by atoms with van der Waals surface area (Å²) in [5.74, 6) is 0. The quantitative estimate of drug-likeness (QED) is 0.654. The predicted octanol–water partition coefficient (Wildman–Crippen LogP) is 2.33. The van der Waals surface area contributed by atoms with Crippen LogP contribution in [0.1, 0.15) is 7.43 Å². The third kappa shape index (κ3) is 1.54. The lowest BCUT2D eigenvalue weighted by Gasteiger charge is -1.96. The second-order valence-electron chi connectivity index (χ2n) is 2.54. The van der Waals surface area contributed by atoms with Gasteiger partial charge in [-0.2, -0.15) is 0 Å². The van der Waals surface area contributed by atoms with Gasteiger partial charge < -0.3 is 4.57 Å². The number of pyridine rings is 1. The summed E-state index contributed by atoms with van der Waals surface area (Å²) in [4.78, 5) is 9.69. The van der Waals surface area contributed by atoms with E-state index < -0.39 is 0 Å². The van der Waals surface area contributed by atoms with E-state index in [2.05, 4.69) is 9.97 Å². The summed E-state index contributed by atoms with van der Waals surface area (Å²) in [6, 6.07) is 1.99. The molecule has 2 aromatic heterocycles. The fraction of sp³-hybridized carbons (Fsp3) is 0.333. The summed E-state index contributed by atoms with van der Waals surface area (Å²) >= 11 is 1.70. The zero-order valence-corrected chi connectivity index (χ0v) is 7.80. The Kier molecular flexibility index (Phi) is 2.93. The van der Waals surface area contributed by atoms with Gasteiger partial charge in [-0.15, -0.1) is 11.8 Å². The molecule has 0 atom stereocenters. The monoisotopic (exact) mass is 195 g/mol. The topological polar surface area (TPSA) is 30.7 Å². The molecule has 4 heteroatoms. The average Bonchev–Trinajstić information content (AvgIpc) is 2.48. The summed E-state index contributed by atoms with van der Waals surface area (Å²) in [5.41, 5.74) is 1.94. The first kappa shape index (κ1) is 10.1. The van der Waals surface area contributed by atoms with E-state index in [9.17, 15) is 0 Å². The van der Waals surface area contributed by atoms with E-state index in [1.54, 1.807) is 18.1 Å². The third-order valence-electron chi connectivity index (χ3n) is 1.78. The molecule has 0 fully saturated rings. The number of hydrogen-bond donors (Lipinski definition) is 0. The number of nitrogens with zero attached hydrogens (tertiary/aromatic N) is 3. The molecule has 0 aliphatic rings. The second kappa shape index (κ2) is 3.79. The Balaban J connectivity index is 0.000000845. The van der Waals surface area contributed by atoms with E-state index in [1.807, 2.05) is 30.1 Å². The Bertz CT molecular complexity index is 408. The highest BCUT2D eigenvalue weighted by Gasteiger charge is 2.04. The maximum Gasteiger partial charge on any atom is 0.160 e. The maximum atomic E-state index is 4.27. The SMILES string of the molecule is C.CSc1ccnc2c1ncn2C. The fourth-order valence-electron chi connectivity index (χ4n) is 1.17. The Morgan fingerprint density at radius 1 is 1.38 bits per heavy atom. The van der Waals surface area contributed by atoms with E-state index in [0.717, 1.165) is 11.2 Å². The number of aromatic nitrogens is 3. The van der Waals surface area contributed by atoms with E-state index in [4.69, 9.17) is 0 Å². The molecule has 0 aromatic carbocycles. The van der Waals surface area contributed by atoms with Crippen molar-refractivity contribution in [1.29, 1.82) is 0 Å². The van der Waals surface area contributed by atoms with Crippen LogP contribution < -0.4 is 0 Å². The van der Waals surface area contributed by atoms with Crippen LogP contribution >= 0.6 is 11.8 Å². The first-order chi connectivity index (χ1) is 5.83. The highest BCUT2D eigenvalue weighted by molar-refractivity contribution is 7.98. The van der Waals surface area contributed by atoms with Crippen molar-refractivity contribution in [3.8, 4) is 0 Å². The van der Waals surface area contributed by atoms with Gasteiger partial charge in [0.25, 0.3) is 0 Å². The average molecular weight is 195 g/mol. The van der Waals surface area contributed by atoms with Crippen LogP contribution in [0.3, 0.4) is 0 Å². The zero-order chi connectivity index (χ0) is 8.55. The van der Waals surface area contributed by atoms with Crippen molar-refractivity contribution < 1.29 is 0 Å². The number of fused-ring (bicyclic) bond motifs is 1. The molecule has 3 nitrogen and oxygen atoms in total. The van der Waals surface area contributed by atoms with Crippen LogP contribution in [-0.4, -0.2) is 20.8 Å². The molecule has 2 rings (SSSR count). The number of imidazole rings is 1. The van der Waals surface area contributed by atoms with Gasteiger partial charge in [-0.1, -0.05) is 7.43 Å². The van der Waals surface area contributed by atoms with Gasteiger partial charge in [0.2, 0.25) is 0 Å². The molecule has 0 unspecified atom stereocenters. The van der Waals surface area contributed by atoms with Crippen molar-refractivity contribution in [2.45, 2.75) is 12.3 Å². The van der Waals surface area contributed by atoms with Crippen LogP contribution in [0, 0.1) is 0 Å². The number of hydrogen-bond acceptors (Lipinski definition) is 3. The van der Waals surface area contributed by atoms with Crippen molar-refractivity contribution >= 4 is 22.9 Å². The van der Waals surface area contributed by atoms with Gasteiger partial charge in [-0.05, 0) is 12.3 Å². The Morgan fingerprint density at radius 2 is 2.15 bits per heavy atom. The van der Waals surface area contributed by atoms with Crippen LogP contribution in [0.25, 0.3) is 11.2 Å². The molecule has 70 valence electrons. The number of aryl methyl sites for hydroxylation is 1. The summed E-state index contributed by atoms with van der Waals surface area (Å²) in [5, 5.41) is 0. The largest absolute Gasteiger partial charge is 0.318 e. The third-order valence-corrected chi connectivity index (χ3v) is 2.55. The highest BCUT2D eigenvalue weighted by Crippen LogP contribution is 2.22. The van der Waals surface area contributed by atoms with Crippen molar-refractivity contribution in [3.05, 3.63) is 18.6 Å². The smallest absolute Gasteiger partial charge is 0.160 e. The lowest BCUT2D eigenvalue weighted by atomic mass is 10.4. The van der Waals surface area contributed by atoms with Crippen LogP contribution in [0.5, 0.6) is 0 Å². The maximum absolute atomic E-state index is 4.27. The van der Waals surface area contributed by atoms with Gasteiger partial charge in [-0.3, -0.25) is 0 Å². The lowest BCUT2D eigenvalue weighted by molar-refractivity contribution is 0.930. The Hall–Kier alpha value is -1.03. The van der Waals surface area contributed by atoms with Crippen molar-refractivity contribution in [2.75, 3.05) is 6.26 Å². The van der Waals surface area contributed by atoms with Gasteiger partial charge in [0.05, 0.1) is 6.33 Å². The normalized spacial score (nSPS) is 10.0. The van der Waals surface area contributed by atoms with Gasteiger partial charge in [0.15, 0.2) is 5.65 Å². The molecule has 0 radical (unpaired) electrons. The van der Waals surface area contributed by atoms with Gasteiger partial charge in [0, 0.05) is 18.1 Å². The Morgan fingerprint density at radius 3 is 2.85 bits per heavy atom. The summed E-state index contributed by atoms with van der Waals surface area (Å²) < 4.78 is 1.93. The molecule has 0 spiro atoms. The molecule has 0 amide bonds. The second-order valence-corrected chi connectivity index (χ2v) is 3.39. The van der Waals surface area contributed by atoms with Crippen molar-refractivity contribution in [3.63, 3.8) is 0 Å². The van der Waals surface area contributed by atoms with Crippen LogP contribution in [0.2, 0.25) is 0 Å². The van der Waals surface area contributed by atoms with Crippen LogP contribution in [-0.2, 0) is 7.05 Å².